The van der Waals surface area contributed by atoms with Gasteiger partial charge >= 0.3 is 0 Å². The predicted octanol–water partition coefficient (Wildman–Crippen LogP) is 4.25. The Morgan fingerprint density at radius 3 is 2.57 bits per heavy atom. The summed E-state index contributed by atoms with van der Waals surface area (Å²) in [6, 6.07) is 16.1. The van der Waals surface area contributed by atoms with Gasteiger partial charge in [-0.05, 0) is 24.3 Å². The molecule has 0 aliphatic rings. The van der Waals surface area contributed by atoms with Crippen molar-refractivity contribution in [3.8, 4) is 11.8 Å². The number of halogens is 1. The molecule has 21 heavy (non-hydrogen) atoms. The average Bonchev–Trinajstić information content (AvgIpc) is 2.53. The summed E-state index contributed by atoms with van der Waals surface area (Å²) in [5, 5.41) is 9.26. The molecule has 3 nitrogen and oxygen atoms in total. The number of allylic oxidation sites excluding steroid dienone is 1. The fourth-order valence-electron chi connectivity index (χ4n) is 1.87. The molecule has 104 valence electrons. The van der Waals surface area contributed by atoms with Crippen LogP contribution < -0.4 is 4.74 Å². The van der Waals surface area contributed by atoms with Crippen LogP contribution in [0.5, 0.6) is 5.75 Å². The number of hydrogen-bond donors (Lipinski definition) is 0. The first kappa shape index (κ1) is 15.0. The van der Waals surface area contributed by atoms with Gasteiger partial charge in [-0.2, -0.15) is 5.26 Å². The topological polar surface area (TPSA) is 50.1 Å². The van der Waals surface area contributed by atoms with Crippen molar-refractivity contribution in [3.63, 3.8) is 0 Å². The number of ether oxygens (including phenoxy) is 1. The third-order valence-corrected chi connectivity index (χ3v) is 3.39. The molecule has 0 N–H and O–H groups in total. The van der Waals surface area contributed by atoms with E-state index in [2.05, 4.69) is 15.9 Å². The van der Waals surface area contributed by atoms with Crippen molar-refractivity contribution in [1.29, 1.82) is 5.26 Å². The molecule has 0 saturated carbocycles. The lowest BCUT2D eigenvalue weighted by atomic mass is 10.0. The summed E-state index contributed by atoms with van der Waals surface area (Å²) in [7, 11) is 1.55. The van der Waals surface area contributed by atoms with E-state index in [0.29, 0.717) is 16.9 Å². The molecule has 2 rings (SSSR count). The van der Waals surface area contributed by atoms with Crippen LogP contribution in [0.15, 0.2) is 58.6 Å². The molecule has 0 aliphatic carbocycles. The molecule has 4 heteroatoms. The van der Waals surface area contributed by atoms with E-state index >= 15 is 0 Å². The third kappa shape index (κ3) is 3.59. The summed E-state index contributed by atoms with van der Waals surface area (Å²) < 4.78 is 6.09. The zero-order valence-electron chi connectivity index (χ0n) is 11.3. The molecule has 0 aromatic heterocycles. The zero-order valence-corrected chi connectivity index (χ0v) is 12.9. The van der Waals surface area contributed by atoms with Crippen molar-refractivity contribution in [1.82, 2.24) is 0 Å². The van der Waals surface area contributed by atoms with Crippen LogP contribution in [-0.4, -0.2) is 12.9 Å². The number of methoxy groups -OCH3 is 1. The minimum absolute atomic E-state index is 0.0672. The van der Waals surface area contributed by atoms with Crippen LogP contribution in [0.4, 0.5) is 0 Å². The molecule has 2 aromatic carbocycles. The van der Waals surface area contributed by atoms with Gasteiger partial charge in [0.15, 0.2) is 0 Å². The monoisotopic (exact) mass is 341 g/mol. The van der Waals surface area contributed by atoms with Gasteiger partial charge in [0.1, 0.15) is 17.4 Å². The number of benzene rings is 2. The maximum atomic E-state index is 12.3. The largest absolute Gasteiger partial charge is 0.496 e. The molecule has 2 aromatic rings. The number of nitrogens with zero attached hydrogens (tertiary/aromatic N) is 1. The summed E-state index contributed by atoms with van der Waals surface area (Å²) in [5.74, 6) is 0.298. The summed E-state index contributed by atoms with van der Waals surface area (Å²) in [4.78, 5) is 12.3. The number of rotatable bonds is 4. The van der Waals surface area contributed by atoms with Crippen LogP contribution in [0, 0.1) is 11.3 Å². The Kier molecular flexibility index (Phi) is 4.91. The molecule has 0 radical (unpaired) electrons. The van der Waals surface area contributed by atoms with Crippen molar-refractivity contribution in [2.45, 2.75) is 0 Å². The van der Waals surface area contributed by atoms with Crippen LogP contribution in [0.3, 0.4) is 0 Å². The first-order valence-corrected chi connectivity index (χ1v) is 7.00. The molecule has 0 saturated heterocycles. The SMILES string of the molecule is COc1ccc(Br)cc1/C=C(\C#N)C(=O)c1ccccc1. The van der Waals surface area contributed by atoms with E-state index in [0.717, 1.165) is 4.47 Å². The van der Waals surface area contributed by atoms with E-state index < -0.39 is 0 Å². The third-order valence-electron chi connectivity index (χ3n) is 2.89. The smallest absolute Gasteiger partial charge is 0.203 e. The van der Waals surface area contributed by atoms with Crippen LogP contribution in [0.25, 0.3) is 6.08 Å². The summed E-state index contributed by atoms with van der Waals surface area (Å²) in [6.07, 6.45) is 1.54. The standard InChI is InChI=1S/C17H12BrNO2/c1-21-16-8-7-15(18)10-13(16)9-14(11-19)17(20)12-5-3-2-4-6-12/h2-10H,1H3/b14-9+. The maximum absolute atomic E-state index is 12.3. The normalized spacial score (nSPS) is 10.8. The maximum Gasteiger partial charge on any atom is 0.203 e. The van der Waals surface area contributed by atoms with E-state index in [4.69, 9.17) is 4.74 Å². The zero-order chi connectivity index (χ0) is 15.2. The van der Waals surface area contributed by atoms with Crippen LogP contribution in [-0.2, 0) is 0 Å². The number of ketones is 1. The second-order valence-corrected chi connectivity index (χ2v) is 5.17. The second kappa shape index (κ2) is 6.87. The fourth-order valence-corrected chi connectivity index (χ4v) is 2.25. The molecular formula is C17H12BrNO2. The number of hydrogen-bond acceptors (Lipinski definition) is 3. The van der Waals surface area contributed by atoms with Gasteiger partial charge in [0.05, 0.1) is 7.11 Å². The van der Waals surface area contributed by atoms with Gasteiger partial charge in [-0.1, -0.05) is 46.3 Å². The highest BCUT2D eigenvalue weighted by Crippen LogP contribution is 2.25. The molecule has 0 bridgehead atoms. The van der Waals surface area contributed by atoms with E-state index in [1.165, 1.54) is 0 Å². The summed E-state index contributed by atoms with van der Waals surface area (Å²) in [6.45, 7) is 0. The van der Waals surface area contributed by atoms with Gasteiger partial charge in [-0.15, -0.1) is 0 Å². The van der Waals surface area contributed by atoms with E-state index in [1.54, 1.807) is 49.6 Å². The molecule has 0 aliphatic heterocycles. The first-order chi connectivity index (χ1) is 10.2. The van der Waals surface area contributed by atoms with Gasteiger partial charge in [0, 0.05) is 15.6 Å². The van der Waals surface area contributed by atoms with Gasteiger partial charge < -0.3 is 4.74 Å². The number of carbonyl (C=O) groups is 1. The lowest BCUT2D eigenvalue weighted by molar-refractivity contribution is 0.104. The Hall–Kier alpha value is -2.38. The Bertz CT molecular complexity index is 730. The Morgan fingerprint density at radius 2 is 1.95 bits per heavy atom. The highest BCUT2D eigenvalue weighted by atomic mass is 79.9. The molecule has 0 unspecified atom stereocenters. The molecule has 0 fully saturated rings. The molecule has 0 spiro atoms. The van der Waals surface area contributed by atoms with Crippen molar-refractivity contribution < 1.29 is 9.53 Å². The van der Waals surface area contributed by atoms with Crippen LogP contribution in [0.2, 0.25) is 0 Å². The highest BCUT2D eigenvalue weighted by Gasteiger charge is 2.13. The van der Waals surface area contributed by atoms with E-state index in [9.17, 15) is 10.1 Å². The Morgan fingerprint density at radius 1 is 1.24 bits per heavy atom. The first-order valence-electron chi connectivity index (χ1n) is 6.21. The highest BCUT2D eigenvalue weighted by molar-refractivity contribution is 9.10. The quantitative estimate of drug-likeness (QED) is 0.474. The molecule has 0 atom stereocenters. The van der Waals surface area contributed by atoms with Gasteiger partial charge in [0.25, 0.3) is 0 Å². The lowest BCUT2D eigenvalue weighted by Gasteiger charge is -2.06. The van der Waals surface area contributed by atoms with Gasteiger partial charge in [0.2, 0.25) is 5.78 Å². The molecule has 0 heterocycles. The number of nitriles is 1. The second-order valence-electron chi connectivity index (χ2n) is 4.25. The van der Waals surface area contributed by atoms with Crippen molar-refractivity contribution >= 4 is 27.8 Å². The van der Waals surface area contributed by atoms with Crippen molar-refractivity contribution in [3.05, 3.63) is 69.7 Å². The van der Waals surface area contributed by atoms with Gasteiger partial charge in [-0.25, -0.2) is 0 Å². The Labute approximate surface area is 131 Å². The minimum atomic E-state index is -0.305. The predicted molar refractivity (Wildman–Crippen MR) is 85.1 cm³/mol. The fraction of sp³-hybridized carbons (Fsp3) is 0.0588. The number of Topliss-reactive ketones (excluding diaryl/α,β-unsaturated/α-hetero) is 1. The summed E-state index contributed by atoms with van der Waals surface area (Å²) >= 11 is 3.37. The summed E-state index contributed by atoms with van der Waals surface area (Å²) in [5.41, 5.74) is 1.23. The minimum Gasteiger partial charge on any atom is -0.496 e. The van der Waals surface area contributed by atoms with E-state index in [1.807, 2.05) is 18.2 Å². The van der Waals surface area contributed by atoms with Crippen LogP contribution in [0.1, 0.15) is 15.9 Å². The van der Waals surface area contributed by atoms with Gasteiger partial charge in [-0.3, -0.25) is 4.79 Å². The van der Waals surface area contributed by atoms with Crippen molar-refractivity contribution in [2.75, 3.05) is 7.11 Å². The van der Waals surface area contributed by atoms with Crippen LogP contribution >= 0.6 is 15.9 Å². The number of carbonyl (C=O) groups excluding carboxylic acids is 1. The average molecular weight is 342 g/mol. The van der Waals surface area contributed by atoms with Crippen molar-refractivity contribution in [2.24, 2.45) is 0 Å². The van der Waals surface area contributed by atoms with E-state index in [-0.39, 0.29) is 11.4 Å². The molecule has 0 amide bonds. The molecular weight excluding hydrogens is 330 g/mol. The Balaban J connectivity index is 2.45. The lowest BCUT2D eigenvalue weighted by Crippen LogP contribution is -2.01.